The Morgan fingerprint density at radius 3 is 2.71 bits per heavy atom. The van der Waals surface area contributed by atoms with Gasteiger partial charge >= 0.3 is 0 Å². The first-order valence-corrected chi connectivity index (χ1v) is 9.04. The molecular weight excluding hydrogens is 302 g/mol. The van der Waals surface area contributed by atoms with Gasteiger partial charge in [-0.1, -0.05) is 0 Å². The van der Waals surface area contributed by atoms with E-state index in [4.69, 9.17) is 0 Å². The zero-order valence-electron chi connectivity index (χ0n) is 14.0. The van der Waals surface area contributed by atoms with E-state index in [1.54, 1.807) is 0 Å². The predicted octanol–water partition coefficient (Wildman–Crippen LogP) is 2.33. The number of nitrogens with zero attached hydrogens (tertiary/aromatic N) is 3. The van der Waals surface area contributed by atoms with Gasteiger partial charge in [-0.05, 0) is 50.5 Å². The Kier molecular flexibility index (Phi) is 3.08. The summed E-state index contributed by atoms with van der Waals surface area (Å²) in [5, 5.41) is 4.70. The molecule has 0 radical (unpaired) electrons. The Balaban J connectivity index is 1.28. The van der Waals surface area contributed by atoms with Crippen molar-refractivity contribution in [2.75, 3.05) is 18.4 Å². The number of carbonyl (C=O) groups excluding carboxylic acids is 1. The van der Waals surface area contributed by atoms with Crippen LogP contribution >= 0.6 is 0 Å². The number of nitrogens with one attached hydrogen (secondary N) is 2. The molecule has 2 N–H and O–H groups in total. The summed E-state index contributed by atoms with van der Waals surface area (Å²) >= 11 is 0. The fourth-order valence-corrected chi connectivity index (χ4v) is 4.54. The summed E-state index contributed by atoms with van der Waals surface area (Å²) in [7, 11) is 0. The van der Waals surface area contributed by atoms with Gasteiger partial charge in [0.05, 0.1) is 5.39 Å². The summed E-state index contributed by atoms with van der Waals surface area (Å²) in [6.45, 7) is 3.84. The molecule has 2 aromatic rings. The molecule has 2 aromatic heterocycles. The van der Waals surface area contributed by atoms with E-state index in [2.05, 4.69) is 25.2 Å². The van der Waals surface area contributed by atoms with Gasteiger partial charge in [-0.25, -0.2) is 9.97 Å². The van der Waals surface area contributed by atoms with Crippen LogP contribution in [0.4, 0.5) is 5.82 Å². The van der Waals surface area contributed by atoms with E-state index in [-0.39, 0.29) is 0 Å². The van der Waals surface area contributed by atoms with Gasteiger partial charge < -0.3 is 15.2 Å². The second-order valence-electron chi connectivity index (χ2n) is 7.71. The normalized spacial score (nSPS) is 29.2. The maximum Gasteiger partial charge on any atom is 0.225 e. The summed E-state index contributed by atoms with van der Waals surface area (Å²) in [6, 6.07) is 2.48. The molecule has 5 rings (SSSR count). The number of likely N-dealkylation sites (tertiary alicyclic amines) is 1. The molecule has 3 fully saturated rings. The van der Waals surface area contributed by atoms with Crippen LogP contribution in [0.25, 0.3) is 11.0 Å². The highest BCUT2D eigenvalue weighted by Crippen LogP contribution is 2.41. The van der Waals surface area contributed by atoms with Gasteiger partial charge in [-0.2, -0.15) is 0 Å². The van der Waals surface area contributed by atoms with E-state index in [1.807, 2.05) is 19.2 Å². The lowest BCUT2D eigenvalue weighted by molar-refractivity contribution is -0.131. The second kappa shape index (κ2) is 5.19. The monoisotopic (exact) mass is 325 g/mol. The first-order chi connectivity index (χ1) is 11.7. The molecule has 2 saturated carbocycles. The minimum Gasteiger partial charge on any atom is -0.367 e. The smallest absolute Gasteiger partial charge is 0.225 e. The quantitative estimate of drug-likeness (QED) is 0.908. The Hall–Kier alpha value is -2.11. The number of fused-ring (bicyclic) bond motifs is 2. The van der Waals surface area contributed by atoms with Crippen molar-refractivity contribution in [3.63, 3.8) is 0 Å². The largest absolute Gasteiger partial charge is 0.367 e. The highest BCUT2D eigenvalue weighted by Gasteiger charge is 2.45. The van der Waals surface area contributed by atoms with E-state index in [1.165, 1.54) is 0 Å². The molecule has 0 bridgehead atoms. The van der Waals surface area contributed by atoms with Crippen molar-refractivity contribution in [2.45, 2.75) is 38.6 Å². The van der Waals surface area contributed by atoms with Gasteiger partial charge in [0.25, 0.3) is 0 Å². The number of H-pyrrole nitrogens is 1. The molecule has 126 valence electrons. The van der Waals surface area contributed by atoms with E-state index in [0.29, 0.717) is 29.7 Å². The minimum absolute atomic E-state index is 0.351. The Morgan fingerprint density at radius 2 is 2.00 bits per heavy atom. The van der Waals surface area contributed by atoms with Crippen molar-refractivity contribution in [1.29, 1.82) is 0 Å². The molecule has 6 nitrogen and oxygen atoms in total. The van der Waals surface area contributed by atoms with Crippen LogP contribution in [0.15, 0.2) is 12.3 Å². The molecular formula is C18H23N5O. The summed E-state index contributed by atoms with van der Waals surface area (Å²) in [6.07, 6.45) is 6.39. The standard InChI is InChI=1S/C18H23N5O/c1-10-20-16-15(4-5-19-16)17(21-10)22-14-6-12-8-23(9-13(12)7-14)18(24)11-2-3-11/h4-5,11-14H,2-3,6-9H2,1H3,(H2,19,20,21,22)/t12-,13+,14-. The first-order valence-electron chi connectivity index (χ1n) is 9.04. The van der Waals surface area contributed by atoms with Crippen molar-refractivity contribution in [3.8, 4) is 0 Å². The van der Waals surface area contributed by atoms with Crippen molar-refractivity contribution in [2.24, 2.45) is 17.8 Å². The molecule has 3 aliphatic rings. The molecule has 0 aromatic carbocycles. The number of carbonyl (C=O) groups is 1. The van der Waals surface area contributed by atoms with E-state index in [0.717, 1.165) is 61.4 Å². The number of hydrogen-bond donors (Lipinski definition) is 2. The van der Waals surface area contributed by atoms with E-state index in [9.17, 15) is 4.79 Å². The molecule has 1 saturated heterocycles. The number of aromatic amines is 1. The third-order valence-corrected chi connectivity index (χ3v) is 5.86. The maximum absolute atomic E-state index is 12.3. The van der Waals surface area contributed by atoms with Crippen LogP contribution in [0.1, 0.15) is 31.5 Å². The molecule has 24 heavy (non-hydrogen) atoms. The molecule has 6 heteroatoms. The van der Waals surface area contributed by atoms with Gasteiger partial charge in [-0.15, -0.1) is 0 Å². The van der Waals surface area contributed by atoms with Crippen molar-refractivity contribution in [3.05, 3.63) is 18.1 Å². The first kappa shape index (κ1) is 14.3. The average molecular weight is 325 g/mol. The highest BCUT2D eigenvalue weighted by atomic mass is 16.2. The molecule has 2 aliphatic carbocycles. The molecule has 3 heterocycles. The third kappa shape index (κ3) is 2.36. The lowest BCUT2D eigenvalue weighted by atomic mass is 10.0. The van der Waals surface area contributed by atoms with E-state index >= 15 is 0 Å². The van der Waals surface area contributed by atoms with Crippen LogP contribution in [0.3, 0.4) is 0 Å². The van der Waals surface area contributed by atoms with Crippen LogP contribution in [-0.4, -0.2) is 44.9 Å². The van der Waals surface area contributed by atoms with Crippen molar-refractivity contribution < 1.29 is 4.79 Å². The summed E-state index contributed by atoms with van der Waals surface area (Å²) in [5.41, 5.74) is 0.893. The number of aromatic nitrogens is 3. The van der Waals surface area contributed by atoms with Crippen LogP contribution in [0.2, 0.25) is 0 Å². The predicted molar refractivity (Wildman–Crippen MR) is 91.6 cm³/mol. The van der Waals surface area contributed by atoms with E-state index < -0.39 is 0 Å². The highest BCUT2D eigenvalue weighted by molar-refractivity contribution is 5.87. The topological polar surface area (TPSA) is 73.9 Å². The number of hydrogen-bond acceptors (Lipinski definition) is 4. The number of aryl methyl sites for hydroxylation is 1. The lowest BCUT2D eigenvalue weighted by Crippen LogP contribution is -2.32. The van der Waals surface area contributed by atoms with Crippen LogP contribution in [-0.2, 0) is 4.79 Å². The zero-order valence-corrected chi connectivity index (χ0v) is 14.0. The maximum atomic E-state index is 12.3. The molecule has 0 unspecified atom stereocenters. The average Bonchev–Trinajstić information content (AvgIpc) is 2.97. The van der Waals surface area contributed by atoms with Crippen molar-refractivity contribution in [1.82, 2.24) is 19.9 Å². The summed E-state index contributed by atoms with van der Waals surface area (Å²) < 4.78 is 0. The fourth-order valence-electron chi connectivity index (χ4n) is 4.54. The van der Waals surface area contributed by atoms with Crippen LogP contribution < -0.4 is 5.32 Å². The van der Waals surface area contributed by atoms with Gasteiger partial charge in [-0.3, -0.25) is 4.79 Å². The van der Waals surface area contributed by atoms with Gasteiger partial charge in [0.2, 0.25) is 5.91 Å². The summed E-state index contributed by atoms with van der Waals surface area (Å²) in [4.78, 5) is 26.6. The number of amides is 1. The van der Waals surface area contributed by atoms with Gasteiger partial charge in [0.15, 0.2) is 0 Å². The SMILES string of the molecule is Cc1nc(N[C@@H]2C[C@@H]3CN(C(=O)C4CC4)C[C@@H]3C2)c2cc[nH]c2n1. The molecule has 1 amide bonds. The molecule has 0 spiro atoms. The molecule has 3 atom stereocenters. The van der Waals surface area contributed by atoms with Crippen molar-refractivity contribution >= 4 is 22.8 Å². The Morgan fingerprint density at radius 1 is 1.25 bits per heavy atom. The second-order valence-corrected chi connectivity index (χ2v) is 7.71. The minimum atomic E-state index is 0.351. The zero-order chi connectivity index (χ0) is 16.3. The fraction of sp³-hybridized carbons (Fsp3) is 0.611. The lowest BCUT2D eigenvalue weighted by Gasteiger charge is -2.20. The Labute approximate surface area is 141 Å². The number of rotatable bonds is 3. The van der Waals surface area contributed by atoms with Gasteiger partial charge in [0, 0.05) is 31.2 Å². The third-order valence-electron chi connectivity index (χ3n) is 5.86. The molecule has 1 aliphatic heterocycles. The summed E-state index contributed by atoms with van der Waals surface area (Å²) in [5.74, 6) is 3.78. The Bertz CT molecular complexity index is 782. The number of anilines is 1. The van der Waals surface area contributed by atoms with Gasteiger partial charge in [0.1, 0.15) is 17.3 Å². The van der Waals surface area contributed by atoms with Crippen LogP contribution in [0.5, 0.6) is 0 Å². The van der Waals surface area contributed by atoms with Crippen LogP contribution in [0, 0.1) is 24.7 Å².